The Morgan fingerprint density at radius 3 is 2.55 bits per heavy atom. The number of aliphatic imine (C=N–C) groups is 1. The number of amides is 1. The van der Waals surface area contributed by atoms with Gasteiger partial charge in [-0.3, -0.25) is 4.79 Å². The Hall–Kier alpha value is -3.47. The van der Waals surface area contributed by atoms with Gasteiger partial charge in [0.2, 0.25) is 0 Å². The van der Waals surface area contributed by atoms with Crippen molar-refractivity contribution in [2.45, 2.75) is 12.0 Å². The quantitative estimate of drug-likeness (QED) is 0.640. The number of likely N-dealkylation sites (N-methyl/N-ethyl adjacent to an activating group) is 1. The Morgan fingerprint density at radius 2 is 1.72 bits per heavy atom. The monoisotopic (exact) mass is 383 g/mol. The lowest BCUT2D eigenvalue weighted by Gasteiger charge is -2.37. The molecule has 3 heterocycles. The highest BCUT2D eigenvalue weighted by Gasteiger charge is 2.56. The third-order valence-electron chi connectivity index (χ3n) is 6.29. The molecule has 0 bridgehead atoms. The first kappa shape index (κ1) is 16.5. The molecule has 0 N–H and O–H groups in total. The van der Waals surface area contributed by atoms with Crippen LogP contribution in [0.4, 0.5) is 15.8 Å². The second-order valence-corrected chi connectivity index (χ2v) is 7.75. The van der Waals surface area contributed by atoms with Gasteiger partial charge in [0.15, 0.2) is 5.54 Å². The average molecular weight is 383 g/mol. The SMILES string of the molecule is CN1C(=O)C2(N=C(c3ccc(F)cc3)N3CCc4cccc2c43)c2ccccc21. The predicted octanol–water partition coefficient (Wildman–Crippen LogP) is 3.87. The molecule has 3 aromatic rings. The van der Waals surface area contributed by atoms with E-state index in [2.05, 4.69) is 11.0 Å². The lowest BCUT2D eigenvalue weighted by Crippen LogP contribution is -2.46. The van der Waals surface area contributed by atoms with Crippen LogP contribution in [-0.4, -0.2) is 25.3 Å². The third-order valence-corrected chi connectivity index (χ3v) is 6.29. The van der Waals surface area contributed by atoms with E-state index in [0.717, 1.165) is 46.9 Å². The summed E-state index contributed by atoms with van der Waals surface area (Å²) in [5.41, 5.74) is 4.70. The Labute approximate surface area is 167 Å². The molecule has 1 atom stereocenters. The van der Waals surface area contributed by atoms with Crippen molar-refractivity contribution in [3.8, 4) is 0 Å². The molecule has 0 aromatic heterocycles. The van der Waals surface area contributed by atoms with Crippen LogP contribution in [0.1, 0.15) is 22.3 Å². The zero-order chi connectivity index (χ0) is 19.8. The van der Waals surface area contributed by atoms with E-state index in [9.17, 15) is 9.18 Å². The second kappa shape index (κ2) is 5.54. The fourth-order valence-electron chi connectivity index (χ4n) is 4.97. The lowest BCUT2D eigenvalue weighted by molar-refractivity contribution is -0.121. The largest absolute Gasteiger partial charge is 0.325 e. The number of fused-ring (bicyclic) bond motifs is 3. The van der Waals surface area contributed by atoms with Gasteiger partial charge in [0, 0.05) is 36.0 Å². The molecular weight excluding hydrogens is 365 g/mol. The van der Waals surface area contributed by atoms with Gasteiger partial charge in [-0.1, -0.05) is 36.4 Å². The van der Waals surface area contributed by atoms with Gasteiger partial charge < -0.3 is 9.80 Å². The Balaban J connectivity index is 1.71. The Morgan fingerprint density at radius 1 is 0.966 bits per heavy atom. The van der Waals surface area contributed by atoms with Crippen molar-refractivity contribution in [3.63, 3.8) is 0 Å². The van der Waals surface area contributed by atoms with Crippen molar-refractivity contribution >= 4 is 23.1 Å². The summed E-state index contributed by atoms with van der Waals surface area (Å²) in [6.45, 7) is 0.796. The Bertz CT molecular complexity index is 1220. The first-order chi connectivity index (χ1) is 14.1. The van der Waals surface area contributed by atoms with E-state index in [0.29, 0.717) is 0 Å². The standard InChI is InChI=1S/C24H18FN3O/c1-27-20-8-3-2-6-18(20)24(23(27)29)19-7-4-5-15-13-14-28(21(15)19)22(26-24)16-9-11-17(25)12-10-16/h2-12H,13-14H2,1H3. The van der Waals surface area contributed by atoms with Gasteiger partial charge in [-0.05, 0) is 42.3 Å². The number of halogens is 1. The summed E-state index contributed by atoms with van der Waals surface area (Å²) in [6.07, 6.45) is 0.894. The number of hydrogen-bond donors (Lipinski definition) is 0. The van der Waals surface area contributed by atoms with Crippen LogP contribution in [0.2, 0.25) is 0 Å². The van der Waals surface area contributed by atoms with Crippen molar-refractivity contribution < 1.29 is 9.18 Å². The Kier molecular flexibility index (Phi) is 3.15. The van der Waals surface area contributed by atoms with Gasteiger partial charge in [0.05, 0.1) is 5.69 Å². The molecule has 4 nitrogen and oxygen atoms in total. The summed E-state index contributed by atoms with van der Waals surface area (Å²) in [4.78, 5) is 22.7. The van der Waals surface area contributed by atoms with Crippen molar-refractivity contribution in [2.24, 2.45) is 4.99 Å². The van der Waals surface area contributed by atoms with Crippen LogP contribution in [0.15, 0.2) is 71.7 Å². The van der Waals surface area contributed by atoms with Gasteiger partial charge in [-0.15, -0.1) is 0 Å². The molecule has 1 unspecified atom stereocenters. The van der Waals surface area contributed by atoms with Gasteiger partial charge in [-0.2, -0.15) is 0 Å². The molecule has 0 fully saturated rings. The van der Waals surface area contributed by atoms with Crippen molar-refractivity contribution in [1.82, 2.24) is 0 Å². The number of para-hydroxylation sites is 2. The molecule has 1 spiro atoms. The number of carbonyl (C=O) groups is 1. The minimum Gasteiger partial charge on any atom is -0.325 e. The first-order valence-corrected chi connectivity index (χ1v) is 9.74. The zero-order valence-electron chi connectivity index (χ0n) is 15.9. The summed E-state index contributed by atoms with van der Waals surface area (Å²) in [5, 5.41) is 0. The van der Waals surface area contributed by atoms with E-state index in [1.165, 1.54) is 17.7 Å². The highest BCUT2D eigenvalue weighted by atomic mass is 19.1. The van der Waals surface area contributed by atoms with E-state index in [-0.39, 0.29) is 11.7 Å². The number of carbonyl (C=O) groups excluding carboxylic acids is 1. The number of amidine groups is 1. The maximum absolute atomic E-state index is 13.7. The number of nitrogens with zero attached hydrogens (tertiary/aromatic N) is 3. The summed E-state index contributed by atoms with van der Waals surface area (Å²) >= 11 is 0. The van der Waals surface area contributed by atoms with E-state index in [1.54, 1.807) is 24.1 Å². The molecule has 5 heteroatoms. The van der Waals surface area contributed by atoms with Crippen LogP contribution in [0.25, 0.3) is 0 Å². The number of benzene rings is 3. The lowest BCUT2D eigenvalue weighted by atomic mass is 9.81. The van der Waals surface area contributed by atoms with Crippen molar-refractivity contribution in [3.05, 3.63) is 94.8 Å². The van der Waals surface area contributed by atoms with Gasteiger partial charge in [0.1, 0.15) is 11.7 Å². The summed E-state index contributed by atoms with van der Waals surface area (Å²) in [6, 6.07) is 20.4. The minimum atomic E-state index is -1.11. The fourth-order valence-corrected chi connectivity index (χ4v) is 4.97. The molecular formula is C24H18FN3O. The maximum atomic E-state index is 13.7. The first-order valence-electron chi connectivity index (χ1n) is 9.74. The molecule has 0 radical (unpaired) electrons. The third kappa shape index (κ3) is 1.97. The maximum Gasteiger partial charge on any atom is 0.264 e. The fraction of sp³-hybridized carbons (Fsp3) is 0.167. The molecule has 29 heavy (non-hydrogen) atoms. The smallest absolute Gasteiger partial charge is 0.264 e. The predicted molar refractivity (Wildman–Crippen MR) is 111 cm³/mol. The van der Waals surface area contributed by atoms with Gasteiger partial charge in [-0.25, -0.2) is 9.38 Å². The molecule has 142 valence electrons. The van der Waals surface area contributed by atoms with Crippen LogP contribution in [0.5, 0.6) is 0 Å². The number of rotatable bonds is 1. The average Bonchev–Trinajstić information content (AvgIpc) is 3.27. The number of anilines is 2. The molecule has 3 aromatic carbocycles. The van der Waals surface area contributed by atoms with E-state index in [1.807, 2.05) is 36.4 Å². The highest BCUT2D eigenvalue weighted by Crippen LogP contribution is 2.53. The van der Waals surface area contributed by atoms with E-state index >= 15 is 0 Å². The second-order valence-electron chi connectivity index (χ2n) is 7.75. The summed E-state index contributed by atoms with van der Waals surface area (Å²) < 4.78 is 13.6. The van der Waals surface area contributed by atoms with Crippen LogP contribution in [0, 0.1) is 5.82 Å². The number of hydrogen-bond acceptors (Lipinski definition) is 3. The zero-order valence-corrected chi connectivity index (χ0v) is 15.9. The topological polar surface area (TPSA) is 35.9 Å². The molecule has 3 aliphatic rings. The summed E-state index contributed by atoms with van der Waals surface area (Å²) in [7, 11) is 1.80. The molecule has 6 rings (SSSR count). The molecule has 3 aliphatic heterocycles. The van der Waals surface area contributed by atoms with Crippen LogP contribution in [-0.2, 0) is 16.8 Å². The molecule has 0 saturated carbocycles. The van der Waals surface area contributed by atoms with Crippen LogP contribution >= 0.6 is 0 Å². The molecule has 1 amide bonds. The van der Waals surface area contributed by atoms with E-state index in [4.69, 9.17) is 4.99 Å². The van der Waals surface area contributed by atoms with Crippen molar-refractivity contribution in [1.29, 1.82) is 0 Å². The summed E-state index contributed by atoms with van der Waals surface area (Å²) in [5.74, 6) is 0.378. The van der Waals surface area contributed by atoms with Crippen LogP contribution < -0.4 is 9.80 Å². The van der Waals surface area contributed by atoms with Gasteiger partial charge in [0.25, 0.3) is 5.91 Å². The van der Waals surface area contributed by atoms with Crippen molar-refractivity contribution in [2.75, 3.05) is 23.4 Å². The molecule has 0 saturated heterocycles. The van der Waals surface area contributed by atoms with Gasteiger partial charge >= 0.3 is 0 Å². The highest BCUT2D eigenvalue weighted by molar-refractivity contribution is 6.19. The van der Waals surface area contributed by atoms with Crippen LogP contribution in [0.3, 0.4) is 0 Å². The van der Waals surface area contributed by atoms with E-state index < -0.39 is 5.54 Å². The molecule has 0 aliphatic carbocycles. The normalized spacial score (nSPS) is 21.4. The minimum absolute atomic E-state index is 0.0572.